The van der Waals surface area contributed by atoms with Crippen molar-refractivity contribution >= 4 is 5.91 Å². The zero-order chi connectivity index (χ0) is 17.9. The molecule has 2 aromatic rings. The van der Waals surface area contributed by atoms with Crippen LogP contribution in [0.15, 0.2) is 36.4 Å². The van der Waals surface area contributed by atoms with E-state index < -0.39 is 0 Å². The number of aromatic nitrogens is 1. The number of fused-ring (bicyclic) bond motifs is 1. The molecule has 6 nitrogen and oxygen atoms in total. The van der Waals surface area contributed by atoms with Gasteiger partial charge in [-0.05, 0) is 23.8 Å². The van der Waals surface area contributed by atoms with Crippen molar-refractivity contribution in [2.24, 2.45) is 0 Å². The van der Waals surface area contributed by atoms with Crippen LogP contribution >= 0.6 is 0 Å². The van der Waals surface area contributed by atoms with Crippen molar-refractivity contribution in [2.75, 3.05) is 20.4 Å². The Hall–Kier alpha value is -2.76. The van der Waals surface area contributed by atoms with E-state index >= 15 is 0 Å². The molecule has 1 N–H and O–H groups in total. The van der Waals surface area contributed by atoms with Crippen LogP contribution in [0.3, 0.4) is 0 Å². The first-order chi connectivity index (χ1) is 12.0. The lowest BCUT2D eigenvalue weighted by molar-refractivity contribution is -0.120. The summed E-state index contributed by atoms with van der Waals surface area (Å²) in [5.41, 5.74) is 1.52. The van der Waals surface area contributed by atoms with Crippen LogP contribution in [-0.2, 0) is 16.6 Å². The molecule has 0 saturated heterocycles. The average Bonchev–Trinajstić information content (AvgIpc) is 3.08. The Bertz CT molecular complexity index is 774. The second kappa shape index (κ2) is 7.01. The molecule has 6 heteroatoms. The minimum absolute atomic E-state index is 0.0745. The van der Waals surface area contributed by atoms with Gasteiger partial charge in [-0.25, -0.2) is 4.98 Å². The van der Waals surface area contributed by atoms with E-state index in [1.807, 2.05) is 30.3 Å². The van der Waals surface area contributed by atoms with Crippen molar-refractivity contribution in [3.8, 4) is 17.4 Å². The van der Waals surface area contributed by atoms with Gasteiger partial charge in [0.25, 0.3) is 0 Å². The third-order valence-corrected chi connectivity index (χ3v) is 4.21. The summed E-state index contributed by atoms with van der Waals surface area (Å²) in [6.45, 7) is 4.92. The fourth-order valence-electron chi connectivity index (χ4n) is 2.64. The van der Waals surface area contributed by atoms with E-state index in [-0.39, 0.29) is 24.5 Å². The predicted octanol–water partition coefficient (Wildman–Crippen LogP) is 2.46. The maximum absolute atomic E-state index is 12.2. The maximum atomic E-state index is 12.2. The van der Waals surface area contributed by atoms with Crippen molar-refractivity contribution in [2.45, 2.75) is 25.7 Å². The smallest absolute Gasteiger partial charge is 0.231 e. The Morgan fingerprint density at radius 3 is 2.84 bits per heavy atom. The van der Waals surface area contributed by atoms with Gasteiger partial charge < -0.3 is 19.5 Å². The van der Waals surface area contributed by atoms with Gasteiger partial charge in [0.1, 0.15) is 0 Å². The molecule has 0 atom stereocenters. The lowest BCUT2D eigenvalue weighted by Gasteiger charge is -2.26. The van der Waals surface area contributed by atoms with Crippen LogP contribution < -0.4 is 19.5 Å². The summed E-state index contributed by atoms with van der Waals surface area (Å²) in [6, 6.07) is 11.3. The number of methoxy groups -OCH3 is 1. The van der Waals surface area contributed by atoms with Gasteiger partial charge in [-0.3, -0.25) is 4.79 Å². The Kier molecular flexibility index (Phi) is 4.79. The minimum atomic E-state index is -0.238. The number of nitrogens with zero attached hydrogens (tertiary/aromatic N) is 1. The molecule has 1 aliphatic rings. The van der Waals surface area contributed by atoms with Crippen molar-refractivity contribution in [3.05, 3.63) is 47.7 Å². The second-order valence-corrected chi connectivity index (χ2v) is 6.58. The molecule has 1 aliphatic heterocycles. The molecule has 0 spiro atoms. The summed E-state index contributed by atoms with van der Waals surface area (Å²) in [6.07, 6.45) is 0.217. The number of benzene rings is 1. The van der Waals surface area contributed by atoms with E-state index in [4.69, 9.17) is 14.2 Å². The van der Waals surface area contributed by atoms with Gasteiger partial charge in [-0.1, -0.05) is 26.0 Å². The van der Waals surface area contributed by atoms with Crippen LogP contribution in [0.5, 0.6) is 17.4 Å². The number of hydrogen-bond acceptors (Lipinski definition) is 5. The average molecular weight is 342 g/mol. The molecular formula is C19H22N2O4. The first kappa shape index (κ1) is 17.1. The standard InChI is InChI=1S/C19H22N2O4/c1-19(2,13-7-8-15-16(9-13)25-12-24-15)11-20-17(22)10-14-5-4-6-18(21-14)23-3/h4-9H,10-12H2,1-3H3,(H,20,22). The highest BCUT2D eigenvalue weighted by Gasteiger charge is 2.24. The Morgan fingerprint density at radius 1 is 1.24 bits per heavy atom. The van der Waals surface area contributed by atoms with Crippen molar-refractivity contribution in [1.29, 1.82) is 0 Å². The number of carbonyl (C=O) groups excluding carboxylic acids is 1. The number of pyridine rings is 1. The van der Waals surface area contributed by atoms with E-state index in [1.165, 1.54) is 0 Å². The molecule has 1 aromatic carbocycles. The monoisotopic (exact) mass is 342 g/mol. The van der Waals surface area contributed by atoms with Gasteiger partial charge in [0.2, 0.25) is 18.6 Å². The van der Waals surface area contributed by atoms with Crippen LogP contribution in [0.2, 0.25) is 0 Å². The highest BCUT2D eigenvalue weighted by molar-refractivity contribution is 5.78. The number of nitrogens with one attached hydrogen (secondary N) is 1. The molecule has 25 heavy (non-hydrogen) atoms. The van der Waals surface area contributed by atoms with E-state index in [9.17, 15) is 4.79 Å². The van der Waals surface area contributed by atoms with Gasteiger partial charge in [-0.15, -0.1) is 0 Å². The largest absolute Gasteiger partial charge is 0.481 e. The summed E-state index contributed by atoms with van der Waals surface area (Å²) in [5.74, 6) is 1.94. The van der Waals surface area contributed by atoms with Gasteiger partial charge in [0, 0.05) is 18.0 Å². The Morgan fingerprint density at radius 2 is 2.04 bits per heavy atom. The molecule has 1 aromatic heterocycles. The Balaban J connectivity index is 1.60. The molecule has 2 heterocycles. The van der Waals surface area contributed by atoms with E-state index in [1.54, 1.807) is 13.2 Å². The summed E-state index contributed by atoms with van der Waals surface area (Å²) in [4.78, 5) is 16.5. The van der Waals surface area contributed by atoms with Gasteiger partial charge in [-0.2, -0.15) is 0 Å². The lowest BCUT2D eigenvalue weighted by atomic mass is 9.84. The molecule has 0 fully saturated rings. The quantitative estimate of drug-likeness (QED) is 0.873. The lowest BCUT2D eigenvalue weighted by Crippen LogP contribution is -2.37. The minimum Gasteiger partial charge on any atom is -0.481 e. The van der Waals surface area contributed by atoms with Crippen LogP contribution in [0.25, 0.3) is 0 Å². The molecular weight excluding hydrogens is 320 g/mol. The highest BCUT2D eigenvalue weighted by Crippen LogP contribution is 2.36. The van der Waals surface area contributed by atoms with Gasteiger partial charge in [0.15, 0.2) is 11.5 Å². The number of ether oxygens (including phenoxy) is 3. The zero-order valence-corrected chi connectivity index (χ0v) is 14.7. The molecule has 0 unspecified atom stereocenters. The fourth-order valence-corrected chi connectivity index (χ4v) is 2.64. The van der Waals surface area contributed by atoms with E-state index in [0.717, 1.165) is 17.1 Å². The molecule has 0 saturated carbocycles. The summed E-state index contributed by atoms with van der Waals surface area (Å²) >= 11 is 0. The predicted molar refractivity (Wildman–Crippen MR) is 93.1 cm³/mol. The first-order valence-corrected chi connectivity index (χ1v) is 8.15. The number of amides is 1. The van der Waals surface area contributed by atoms with Gasteiger partial charge >= 0.3 is 0 Å². The van der Waals surface area contributed by atoms with Crippen molar-refractivity contribution in [3.63, 3.8) is 0 Å². The zero-order valence-electron chi connectivity index (χ0n) is 14.7. The normalized spacial score (nSPS) is 12.8. The molecule has 132 valence electrons. The summed E-state index contributed by atoms with van der Waals surface area (Å²) in [5, 5.41) is 2.98. The van der Waals surface area contributed by atoms with E-state index in [2.05, 4.69) is 24.1 Å². The van der Waals surface area contributed by atoms with Gasteiger partial charge in [0.05, 0.1) is 19.2 Å². The van der Waals surface area contributed by atoms with Crippen LogP contribution in [0, 0.1) is 0 Å². The van der Waals surface area contributed by atoms with Crippen LogP contribution in [0.4, 0.5) is 0 Å². The Labute approximate surface area is 147 Å². The molecule has 0 bridgehead atoms. The highest BCUT2D eigenvalue weighted by atomic mass is 16.7. The van der Waals surface area contributed by atoms with E-state index in [0.29, 0.717) is 18.1 Å². The third-order valence-electron chi connectivity index (χ3n) is 4.21. The fraction of sp³-hybridized carbons (Fsp3) is 0.368. The summed E-state index contributed by atoms with van der Waals surface area (Å²) in [7, 11) is 1.56. The first-order valence-electron chi connectivity index (χ1n) is 8.15. The maximum Gasteiger partial charge on any atom is 0.231 e. The third kappa shape index (κ3) is 4.02. The summed E-state index contributed by atoms with van der Waals surface area (Å²) < 4.78 is 15.9. The topological polar surface area (TPSA) is 69.7 Å². The number of hydrogen-bond donors (Lipinski definition) is 1. The SMILES string of the molecule is COc1cccc(CC(=O)NCC(C)(C)c2ccc3c(c2)OCO3)n1. The molecule has 3 rings (SSSR count). The van der Waals surface area contributed by atoms with Crippen LogP contribution in [-0.4, -0.2) is 31.3 Å². The van der Waals surface area contributed by atoms with Crippen molar-refractivity contribution in [1.82, 2.24) is 10.3 Å². The number of rotatable bonds is 6. The van der Waals surface area contributed by atoms with Crippen LogP contribution in [0.1, 0.15) is 25.1 Å². The number of carbonyl (C=O) groups is 1. The molecule has 1 amide bonds. The molecule has 0 aliphatic carbocycles. The second-order valence-electron chi connectivity index (χ2n) is 6.58. The van der Waals surface area contributed by atoms with Crippen molar-refractivity contribution < 1.29 is 19.0 Å². The molecule has 0 radical (unpaired) electrons.